The second-order valence-electron chi connectivity index (χ2n) is 17.8. The summed E-state index contributed by atoms with van der Waals surface area (Å²) in [6.07, 6.45) is 0. The van der Waals surface area contributed by atoms with Crippen LogP contribution in [0.3, 0.4) is 0 Å². The zero-order valence-corrected chi connectivity index (χ0v) is 35.5. The summed E-state index contributed by atoms with van der Waals surface area (Å²) in [7, 11) is -6.58. The molecule has 0 radical (unpaired) electrons. The van der Waals surface area contributed by atoms with Gasteiger partial charge in [-0.3, -0.25) is 0 Å². The van der Waals surface area contributed by atoms with Crippen LogP contribution < -0.4 is 0 Å². The summed E-state index contributed by atoms with van der Waals surface area (Å²) >= 11 is 0. The molecular formula is C44H44N2Si4. The smallest absolute Gasteiger partial charge is 0.129 e. The van der Waals surface area contributed by atoms with Gasteiger partial charge in [-0.2, -0.15) is 0 Å². The Hall–Kier alpha value is -4.41. The molecule has 0 saturated heterocycles. The predicted molar refractivity (Wildman–Crippen MR) is 230 cm³/mol. The van der Waals surface area contributed by atoms with Gasteiger partial charge in [0.1, 0.15) is 55.1 Å². The molecule has 246 valence electrons. The Kier molecular flexibility index (Phi) is 7.88. The van der Waals surface area contributed by atoms with Crippen LogP contribution in [0.15, 0.2) is 48.5 Å². The van der Waals surface area contributed by atoms with E-state index < -0.39 is 32.3 Å². The Morgan fingerprint density at radius 2 is 0.480 bits per heavy atom. The third-order valence-electron chi connectivity index (χ3n) is 8.59. The van der Waals surface area contributed by atoms with Crippen molar-refractivity contribution in [3.63, 3.8) is 0 Å². The van der Waals surface area contributed by atoms with Crippen molar-refractivity contribution in [1.82, 2.24) is 9.97 Å². The van der Waals surface area contributed by atoms with Crippen LogP contribution in [0.4, 0.5) is 0 Å². The van der Waals surface area contributed by atoms with Crippen molar-refractivity contribution in [2.75, 3.05) is 0 Å². The van der Waals surface area contributed by atoms with Crippen LogP contribution in [0.25, 0.3) is 64.6 Å². The molecule has 7 rings (SSSR count). The Morgan fingerprint density at radius 3 is 0.680 bits per heavy atom. The normalized spacial score (nSPS) is 12.6. The Bertz CT molecular complexity index is 2430. The lowest BCUT2D eigenvalue weighted by Gasteiger charge is -2.19. The summed E-state index contributed by atoms with van der Waals surface area (Å²) in [6.45, 7) is 27.4. The molecule has 0 fully saturated rings. The lowest BCUT2D eigenvalue weighted by molar-refractivity contribution is 1.30. The summed E-state index contributed by atoms with van der Waals surface area (Å²) in [6, 6.07) is 18.2. The lowest BCUT2D eigenvalue weighted by atomic mass is 9.85. The van der Waals surface area contributed by atoms with E-state index in [2.05, 4.69) is 173 Å². The SMILES string of the molecule is C[Si](C)(C)C#Cc1nc(C#C[Si](C)(C)C)c2ccc3c4ccc5c(C#C[Si](C)(C)C)nc(C#C[Si](C)(C)C)c6ccc(c7ccc1c2c73)c4c65. The number of pyridine rings is 2. The molecule has 2 aromatic heterocycles. The lowest BCUT2D eigenvalue weighted by Crippen LogP contribution is -2.17. The largest absolute Gasteiger partial charge is 0.230 e. The summed E-state index contributed by atoms with van der Waals surface area (Å²) in [4.78, 5) is 10.3. The summed E-state index contributed by atoms with van der Waals surface area (Å²) in [5.74, 6) is 14.1. The number of nitrogens with zero attached hydrogens (tertiary/aromatic N) is 2. The van der Waals surface area contributed by atoms with Crippen molar-refractivity contribution < 1.29 is 0 Å². The van der Waals surface area contributed by atoms with Gasteiger partial charge in [-0.05, 0) is 32.3 Å². The van der Waals surface area contributed by atoms with Crippen molar-refractivity contribution in [2.45, 2.75) is 78.6 Å². The molecule has 2 heterocycles. The zero-order chi connectivity index (χ0) is 36.0. The van der Waals surface area contributed by atoms with Gasteiger partial charge in [-0.1, -0.05) is 151 Å². The summed E-state index contributed by atoms with van der Waals surface area (Å²) in [5, 5.41) is 14.3. The van der Waals surface area contributed by atoms with Gasteiger partial charge in [0.15, 0.2) is 0 Å². The molecule has 6 heteroatoms. The van der Waals surface area contributed by atoms with E-state index in [1.165, 1.54) is 43.1 Å². The van der Waals surface area contributed by atoms with Crippen molar-refractivity contribution in [3.05, 3.63) is 71.3 Å². The van der Waals surface area contributed by atoms with E-state index in [9.17, 15) is 0 Å². The number of benzene rings is 5. The highest BCUT2D eigenvalue weighted by atomic mass is 28.3. The molecule has 0 aliphatic rings. The number of fused-ring (bicyclic) bond motifs is 2. The van der Waals surface area contributed by atoms with Gasteiger partial charge in [0.25, 0.3) is 0 Å². The van der Waals surface area contributed by atoms with Crippen molar-refractivity contribution in [2.24, 2.45) is 0 Å². The van der Waals surface area contributed by atoms with Gasteiger partial charge in [0.05, 0.1) is 0 Å². The molecule has 0 amide bonds. The van der Waals surface area contributed by atoms with Crippen LogP contribution in [0.5, 0.6) is 0 Å². The van der Waals surface area contributed by atoms with Gasteiger partial charge in [0, 0.05) is 32.3 Å². The highest BCUT2D eigenvalue weighted by Gasteiger charge is 2.23. The highest BCUT2D eigenvalue weighted by molar-refractivity contribution is 6.85. The van der Waals surface area contributed by atoms with E-state index >= 15 is 0 Å². The average molecular weight is 713 g/mol. The van der Waals surface area contributed by atoms with E-state index in [1.54, 1.807) is 0 Å². The molecule has 0 aliphatic carbocycles. The first kappa shape index (κ1) is 34.1. The Labute approximate surface area is 301 Å². The minimum atomic E-state index is -1.64. The molecular weight excluding hydrogens is 669 g/mol. The molecule has 0 unspecified atom stereocenters. The average Bonchev–Trinajstić information content (AvgIpc) is 3.01. The van der Waals surface area contributed by atoms with Gasteiger partial charge >= 0.3 is 0 Å². The maximum absolute atomic E-state index is 5.16. The van der Waals surface area contributed by atoms with Crippen LogP contribution >= 0.6 is 0 Å². The molecule has 2 nitrogen and oxygen atoms in total. The Balaban J connectivity index is 1.67. The number of aromatic nitrogens is 2. The first-order chi connectivity index (χ1) is 23.3. The highest BCUT2D eigenvalue weighted by Crippen LogP contribution is 2.46. The summed E-state index contributed by atoms with van der Waals surface area (Å²) in [5.41, 5.74) is 17.7. The van der Waals surface area contributed by atoms with Gasteiger partial charge in [-0.15, -0.1) is 22.2 Å². The summed E-state index contributed by atoms with van der Waals surface area (Å²) < 4.78 is 0. The second kappa shape index (κ2) is 11.6. The fourth-order valence-corrected chi connectivity index (χ4v) is 8.48. The monoisotopic (exact) mass is 712 g/mol. The first-order valence-electron chi connectivity index (χ1n) is 17.5. The number of hydrogen-bond acceptors (Lipinski definition) is 2. The van der Waals surface area contributed by atoms with Gasteiger partial charge in [-0.25, -0.2) is 9.97 Å². The van der Waals surface area contributed by atoms with Crippen LogP contribution in [0.1, 0.15) is 22.8 Å². The molecule has 0 saturated carbocycles. The quantitative estimate of drug-likeness (QED) is 0.0677. The molecule has 7 aromatic rings. The standard InChI is InChI=1S/C44H44N2Si4/c1-47(2,3)25-21-37-33-17-13-29-31-15-19-35-39(23-27-49(7,8)9)46-40(24-28-50(10,11)12)36-20-16-32(42(31)44(35)36)30-14-18-34(43(33)41(29)30)38(45-37)22-26-48(4,5)6/h13-20H,1-12H3. The molecule has 0 aliphatic heterocycles. The van der Waals surface area contributed by atoms with E-state index in [1.807, 2.05) is 0 Å². The molecule has 50 heavy (non-hydrogen) atoms. The Morgan fingerprint density at radius 1 is 0.300 bits per heavy atom. The van der Waals surface area contributed by atoms with Crippen molar-refractivity contribution >= 4 is 96.9 Å². The number of rotatable bonds is 0. The van der Waals surface area contributed by atoms with Crippen LogP contribution in [-0.4, -0.2) is 42.3 Å². The fourth-order valence-electron chi connectivity index (χ4n) is 6.51. The zero-order valence-electron chi connectivity index (χ0n) is 31.5. The van der Waals surface area contributed by atoms with Crippen LogP contribution in [0.2, 0.25) is 78.6 Å². The van der Waals surface area contributed by atoms with Crippen LogP contribution in [0, 0.1) is 45.9 Å². The molecule has 0 N–H and O–H groups in total. The maximum Gasteiger partial charge on any atom is 0.129 e. The fraction of sp³-hybridized carbons (Fsp3) is 0.273. The van der Waals surface area contributed by atoms with Crippen molar-refractivity contribution in [3.8, 4) is 45.9 Å². The topological polar surface area (TPSA) is 25.8 Å². The number of hydrogen-bond donors (Lipinski definition) is 0. The van der Waals surface area contributed by atoms with E-state index in [0.717, 1.165) is 44.3 Å². The minimum Gasteiger partial charge on any atom is -0.230 e. The maximum atomic E-state index is 5.16. The third kappa shape index (κ3) is 6.35. The molecule has 0 spiro atoms. The van der Waals surface area contributed by atoms with Crippen LogP contribution in [-0.2, 0) is 0 Å². The second-order valence-corrected chi connectivity index (χ2v) is 36.8. The van der Waals surface area contributed by atoms with Crippen molar-refractivity contribution in [1.29, 1.82) is 0 Å². The van der Waals surface area contributed by atoms with Gasteiger partial charge < -0.3 is 0 Å². The molecule has 0 atom stereocenters. The minimum absolute atomic E-state index is 0.835. The third-order valence-corrected chi connectivity index (χ3v) is 12.1. The molecule has 0 bridgehead atoms. The van der Waals surface area contributed by atoms with Gasteiger partial charge in [0.2, 0.25) is 0 Å². The van der Waals surface area contributed by atoms with E-state index in [-0.39, 0.29) is 0 Å². The first-order valence-corrected chi connectivity index (χ1v) is 31.5. The van der Waals surface area contributed by atoms with E-state index in [0.29, 0.717) is 0 Å². The molecule has 5 aromatic carbocycles. The van der Waals surface area contributed by atoms with E-state index in [4.69, 9.17) is 9.97 Å². The predicted octanol–water partition coefficient (Wildman–Crippen LogP) is 11.2.